The molecule has 1 rings (SSSR count). The molecule has 0 amide bonds. The lowest BCUT2D eigenvalue weighted by molar-refractivity contribution is 0.290. The molecule has 1 aliphatic heterocycles. The first kappa shape index (κ1) is 2.29. The van der Waals surface area contributed by atoms with Gasteiger partial charge in [0, 0.05) is 0 Å². The van der Waals surface area contributed by atoms with Gasteiger partial charge in [-0.1, -0.05) is 0 Å². The molecule has 0 spiro atoms. The largest absolute Gasteiger partial charge is 0.466 e. The number of ether oxygens (including phenoxy) is 2. The number of hydrogen-bond acceptors (Lipinski definition) is 2. The van der Waals surface area contributed by atoms with Gasteiger partial charge in [0.05, 0.1) is 0 Å². The van der Waals surface area contributed by atoms with Gasteiger partial charge in [0.1, 0.15) is 26.4 Å². The molecule has 0 aromatic carbocycles. The molecule has 32 valence electrons. The van der Waals surface area contributed by atoms with Gasteiger partial charge in [0.15, 0.2) is 0 Å². The monoisotopic (exact) mass is 85.0 g/mol. The fourth-order valence-corrected chi connectivity index (χ4v) is 0.194. The Bertz CT molecular complexity index is 117. The van der Waals surface area contributed by atoms with Gasteiger partial charge in [-0.25, -0.2) is 0 Å². The summed E-state index contributed by atoms with van der Waals surface area (Å²) in [5, 5.41) is 0. The number of hydrogen-bond donors (Lipinski definition) is 0. The lowest BCUT2D eigenvalue weighted by Gasteiger charge is -1.94. The highest BCUT2D eigenvalue weighted by Crippen LogP contribution is 1.89. The molecule has 1 aliphatic rings. The molecule has 0 N–H and O–H groups in total. The van der Waals surface area contributed by atoms with Crippen LogP contribution in [0.3, 0.4) is 0 Å². The zero-order valence-corrected chi connectivity index (χ0v) is 3.05. The van der Waals surface area contributed by atoms with E-state index in [1.807, 2.05) is 0 Å². The Morgan fingerprint density at radius 1 is 1.17 bits per heavy atom. The third-order valence-corrected chi connectivity index (χ3v) is 0.386. The maximum atomic E-state index is 6.73. The van der Waals surface area contributed by atoms with E-state index < -0.39 is 0 Å². The highest BCUT2D eigenvalue weighted by Gasteiger charge is 1.74. The van der Waals surface area contributed by atoms with Crippen molar-refractivity contribution in [2.45, 2.75) is 0 Å². The normalized spacial score (nSPS) is 20.0. The molecular weight excluding hydrogens is 80.0 g/mol. The first-order valence-corrected chi connectivity index (χ1v) is 1.53. The molecule has 1 heterocycles. The summed E-state index contributed by atoms with van der Waals surface area (Å²) in [6, 6.07) is 0. The second-order valence-electron chi connectivity index (χ2n) is 0.762. The van der Waals surface area contributed by atoms with E-state index in [1.54, 1.807) is 0 Å². The molecule has 0 radical (unpaired) electrons. The summed E-state index contributed by atoms with van der Waals surface area (Å²) in [6.07, 6.45) is 3.91. The second-order valence-corrected chi connectivity index (χ2v) is 0.762. The van der Waals surface area contributed by atoms with E-state index in [4.69, 9.17) is 1.37 Å². The van der Waals surface area contributed by atoms with Crippen molar-refractivity contribution in [2.24, 2.45) is 0 Å². The molecule has 0 unspecified atom stereocenters. The molecule has 0 aromatic heterocycles. The maximum absolute atomic E-state index is 6.73. The first-order valence-electron chi connectivity index (χ1n) is 2.03. The van der Waals surface area contributed by atoms with E-state index in [2.05, 4.69) is 9.47 Å². The van der Waals surface area contributed by atoms with Crippen LogP contribution in [0.2, 0.25) is 0 Å². The van der Waals surface area contributed by atoms with Crippen LogP contribution in [0.5, 0.6) is 0 Å². The molecule has 2 nitrogen and oxygen atoms in total. The summed E-state index contributed by atoms with van der Waals surface area (Å²) in [5.74, 6) is 0. The third kappa shape index (κ3) is 0.516. The Hall–Kier alpha value is -0.920. The Morgan fingerprint density at radius 3 is 2.33 bits per heavy atom. The molecule has 0 aromatic rings. The highest BCUT2D eigenvalue weighted by atomic mass is 16.5. The smallest absolute Gasteiger partial charge is 0.125 e. The van der Waals surface area contributed by atoms with Gasteiger partial charge >= 0.3 is 0 Å². The lowest BCUT2D eigenvalue weighted by atomic mass is 10.9. The number of rotatable bonds is 0. The molecule has 0 atom stereocenters. The van der Waals surface area contributed by atoms with Crippen LogP contribution in [-0.2, 0) is 9.47 Å². The fourth-order valence-electron chi connectivity index (χ4n) is 0.194. The molecule has 6 heavy (non-hydrogen) atoms. The summed E-state index contributed by atoms with van der Waals surface area (Å²) in [5.41, 5.74) is 0. The fraction of sp³-hybridized carbons (Fsp3) is 0. The van der Waals surface area contributed by atoms with Gasteiger partial charge in [-0.2, -0.15) is 0 Å². The molecule has 2 heteroatoms. The Morgan fingerprint density at radius 2 is 2.00 bits per heavy atom. The summed E-state index contributed by atoms with van der Waals surface area (Å²) in [4.78, 5) is 0. The van der Waals surface area contributed by atoms with Crippen LogP contribution in [-0.4, -0.2) is 0 Å². The maximum Gasteiger partial charge on any atom is 0.125 e. The van der Waals surface area contributed by atoms with Crippen LogP contribution in [0.1, 0.15) is 1.37 Å². The molecule has 0 saturated carbocycles. The Kier molecular flexibility index (Phi) is 0.572. The minimum Gasteiger partial charge on any atom is -0.466 e. The lowest BCUT2D eigenvalue weighted by Crippen LogP contribution is -1.74. The van der Waals surface area contributed by atoms with Crippen molar-refractivity contribution in [3.05, 3.63) is 25.0 Å². The minimum atomic E-state index is 0.0301. The van der Waals surface area contributed by atoms with E-state index in [9.17, 15) is 0 Å². The zero-order valence-electron chi connectivity index (χ0n) is 4.05. The van der Waals surface area contributed by atoms with Crippen molar-refractivity contribution in [3.8, 4) is 0 Å². The van der Waals surface area contributed by atoms with Gasteiger partial charge in [0.25, 0.3) is 0 Å². The Labute approximate surface area is 37.1 Å². The van der Waals surface area contributed by atoms with Crippen molar-refractivity contribution < 1.29 is 10.8 Å². The average Bonchev–Trinajstić information content (AvgIpc) is 1.69. The van der Waals surface area contributed by atoms with E-state index >= 15 is 0 Å². The minimum absolute atomic E-state index is 0.0301. The molecule has 0 bridgehead atoms. The van der Waals surface area contributed by atoms with Gasteiger partial charge in [-0.05, 0) is 0 Å². The average molecular weight is 85.1 g/mol. The Balaban J connectivity index is 2.50. The summed E-state index contributed by atoms with van der Waals surface area (Å²) >= 11 is 0. The van der Waals surface area contributed by atoms with Gasteiger partial charge in [-0.3, -0.25) is 0 Å². The van der Waals surface area contributed by atoms with Gasteiger partial charge in [0.2, 0.25) is 0 Å². The van der Waals surface area contributed by atoms with Crippen molar-refractivity contribution in [3.63, 3.8) is 0 Å². The van der Waals surface area contributed by atoms with E-state index in [-0.39, 0.29) is 6.24 Å². The van der Waals surface area contributed by atoms with Crippen molar-refractivity contribution in [1.82, 2.24) is 0 Å². The van der Waals surface area contributed by atoms with Crippen molar-refractivity contribution in [2.75, 3.05) is 0 Å². The van der Waals surface area contributed by atoms with E-state index in [0.717, 1.165) is 0 Å². The van der Waals surface area contributed by atoms with E-state index in [0.29, 0.717) is 0 Å². The van der Waals surface area contributed by atoms with Crippen molar-refractivity contribution >= 4 is 0 Å². The van der Waals surface area contributed by atoms with Crippen LogP contribution in [0.25, 0.3) is 0 Å². The molecule has 0 fully saturated rings. The van der Waals surface area contributed by atoms with Crippen LogP contribution in [0.4, 0.5) is 0 Å². The van der Waals surface area contributed by atoms with E-state index in [1.165, 1.54) is 18.8 Å². The standard InChI is InChI=1S/C4H4O2/c1-2-6-4-3-5-1/h1-4H/i1D. The summed E-state index contributed by atoms with van der Waals surface area (Å²) in [7, 11) is 0. The molecule has 0 saturated heterocycles. The van der Waals surface area contributed by atoms with Crippen LogP contribution in [0.15, 0.2) is 25.0 Å². The van der Waals surface area contributed by atoms with Crippen LogP contribution >= 0.6 is 0 Å². The highest BCUT2D eigenvalue weighted by molar-refractivity contribution is 4.77. The van der Waals surface area contributed by atoms with Crippen molar-refractivity contribution in [1.29, 1.82) is 0 Å². The van der Waals surface area contributed by atoms with Gasteiger partial charge < -0.3 is 9.47 Å². The topological polar surface area (TPSA) is 18.5 Å². The predicted molar refractivity (Wildman–Crippen MR) is 20.4 cm³/mol. The SMILES string of the molecule is [2H]C1=COC=CO1. The quantitative estimate of drug-likeness (QED) is 0.436. The van der Waals surface area contributed by atoms with Crippen LogP contribution in [0, 0.1) is 0 Å². The zero-order chi connectivity index (χ0) is 5.11. The second kappa shape index (κ2) is 1.50. The van der Waals surface area contributed by atoms with Gasteiger partial charge in [-0.15, -0.1) is 0 Å². The first-order chi connectivity index (χ1) is 3.39. The summed E-state index contributed by atoms with van der Waals surface area (Å²) in [6.45, 7) is 0. The summed E-state index contributed by atoms with van der Waals surface area (Å²) < 4.78 is 15.8. The molecule has 0 aliphatic carbocycles. The predicted octanol–water partition coefficient (Wildman–Crippen LogP) is 0.976. The van der Waals surface area contributed by atoms with Crippen LogP contribution < -0.4 is 0 Å². The third-order valence-electron chi connectivity index (χ3n) is 0.386. The molecular formula is C4H4O2.